The van der Waals surface area contributed by atoms with Crippen LogP contribution in [0.3, 0.4) is 0 Å². The Morgan fingerprint density at radius 3 is 3.15 bits per heavy atom. The minimum absolute atomic E-state index is 0.726. The molecule has 2 nitrogen and oxygen atoms in total. The Morgan fingerprint density at radius 2 is 2.54 bits per heavy atom. The van der Waals surface area contributed by atoms with E-state index in [-0.39, 0.29) is 0 Å². The van der Waals surface area contributed by atoms with E-state index < -0.39 is 0 Å². The first-order chi connectivity index (χ1) is 6.34. The van der Waals surface area contributed by atoms with Gasteiger partial charge in [-0.1, -0.05) is 11.8 Å². The fraction of sp³-hybridized carbons (Fsp3) is 0.125. The predicted molar refractivity (Wildman–Crippen MR) is 58.1 cm³/mol. The topological polar surface area (TPSA) is 26.0 Å². The van der Waals surface area contributed by atoms with Gasteiger partial charge in [-0.25, -0.2) is 4.98 Å². The molecule has 0 saturated carbocycles. The van der Waals surface area contributed by atoms with E-state index in [2.05, 4.69) is 32.4 Å². The molecular weight excluding hydrogens is 270 g/mol. The molecule has 0 aliphatic heterocycles. The zero-order chi connectivity index (χ0) is 9.10. The Kier molecular flexibility index (Phi) is 3.08. The minimum Gasteiger partial charge on any atom is -0.440 e. The highest BCUT2D eigenvalue weighted by atomic mass is 79.9. The van der Waals surface area contributed by atoms with Crippen LogP contribution in [0.25, 0.3) is 0 Å². The summed E-state index contributed by atoms with van der Waals surface area (Å²) in [6.45, 7) is 0. The van der Waals surface area contributed by atoms with E-state index in [0.717, 1.165) is 15.4 Å². The number of thioether (sulfide) groups is 1. The van der Waals surface area contributed by atoms with E-state index >= 15 is 0 Å². The standard InChI is InChI=1S/C8H6BrNOS2/c9-6-3-7(12-4-6)5-13-8-10-1-2-11-8/h1-4H,5H2. The summed E-state index contributed by atoms with van der Waals surface area (Å²) < 4.78 is 6.25. The maximum absolute atomic E-state index is 5.11. The van der Waals surface area contributed by atoms with Crippen molar-refractivity contribution in [3.05, 3.63) is 33.3 Å². The fourth-order valence-electron chi connectivity index (χ4n) is 0.844. The Morgan fingerprint density at radius 1 is 1.62 bits per heavy atom. The second-order valence-corrected chi connectivity index (χ2v) is 5.16. The number of oxazole rings is 1. The summed E-state index contributed by atoms with van der Waals surface area (Å²) in [7, 11) is 0. The molecule has 0 aliphatic carbocycles. The van der Waals surface area contributed by atoms with Crippen LogP contribution < -0.4 is 0 Å². The van der Waals surface area contributed by atoms with Crippen LogP contribution in [-0.4, -0.2) is 4.98 Å². The van der Waals surface area contributed by atoms with E-state index in [1.807, 2.05) is 0 Å². The maximum atomic E-state index is 5.11. The minimum atomic E-state index is 0.726. The van der Waals surface area contributed by atoms with Gasteiger partial charge in [0, 0.05) is 20.5 Å². The molecule has 0 fully saturated rings. The van der Waals surface area contributed by atoms with Crippen LogP contribution in [0, 0.1) is 0 Å². The van der Waals surface area contributed by atoms with Crippen LogP contribution in [0.15, 0.2) is 38.0 Å². The van der Waals surface area contributed by atoms with Gasteiger partial charge in [0.05, 0.1) is 6.20 Å². The maximum Gasteiger partial charge on any atom is 0.255 e. The normalized spacial score (nSPS) is 10.5. The second-order valence-electron chi connectivity index (χ2n) is 2.32. The lowest BCUT2D eigenvalue weighted by Crippen LogP contribution is -1.72. The van der Waals surface area contributed by atoms with Crippen LogP contribution in [0.1, 0.15) is 4.88 Å². The number of rotatable bonds is 3. The van der Waals surface area contributed by atoms with E-state index in [1.54, 1.807) is 35.6 Å². The molecule has 2 heterocycles. The molecule has 13 heavy (non-hydrogen) atoms. The van der Waals surface area contributed by atoms with Crippen molar-refractivity contribution < 1.29 is 4.42 Å². The molecule has 0 aliphatic rings. The molecule has 0 bridgehead atoms. The Labute approximate surface area is 92.5 Å². The van der Waals surface area contributed by atoms with Crippen molar-refractivity contribution >= 4 is 39.0 Å². The first kappa shape index (κ1) is 9.30. The Bertz CT molecular complexity index is 371. The van der Waals surface area contributed by atoms with Gasteiger partial charge in [0.2, 0.25) is 0 Å². The van der Waals surface area contributed by atoms with Crippen molar-refractivity contribution in [2.45, 2.75) is 11.0 Å². The van der Waals surface area contributed by atoms with Gasteiger partial charge in [-0.15, -0.1) is 11.3 Å². The van der Waals surface area contributed by atoms with Gasteiger partial charge in [-0.3, -0.25) is 0 Å². The fourth-order valence-corrected chi connectivity index (χ4v) is 3.14. The van der Waals surface area contributed by atoms with Gasteiger partial charge in [-0.2, -0.15) is 0 Å². The summed E-state index contributed by atoms with van der Waals surface area (Å²) in [5, 5.41) is 2.80. The number of hydrogen-bond acceptors (Lipinski definition) is 4. The van der Waals surface area contributed by atoms with E-state index in [4.69, 9.17) is 4.42 Å². The predicted octanol–water partition coefficient (Wildman–Crippen LogP) is 3.79. The van der Waals surface area contributed by atoms with Crippen LogP contribution in [0.2, 0.25) is 0 Å². The SMILES string of the molecule is Brc1csc(CSc2ncco2)c1. The average Bonchev–Trinajstić information content (AvgIpc) is 2.71. The number of nitrogens with zero attached hydrogens (tertiary/aromatic N) is 1. The van der Waals surface area contributed by atoms with Crippen molar-refractivity contribution in [3.63, 3.8) is 0 Å². The average molecular weight is 276 g/mol. The van der Waals surface area contributed by atoms with Crippen molar-refractivity contribution in [3.8, 4) is 0 Å². The Hall–Kier alpha value is -0.260. The quantitative estimate of drug-likeness (QED) is 0.798. The highest BCUT2D eigenvalue weighted by Gasteiger charge is 2.01. The van der Waals surface area contributed by atoms with Crippen molar-refractivity contribution in [2.75, 3.05) is 0 Å². The smallest absolute Gasteiger partial charge is 0.255 e. The van der Waals surface area contributed by atoms with Crippen LogP contribution in [0.5, 0.6) is 0 Å². The molecule has 5 heteroatoms. The number of halogens is 1. The largest absolute Gasteiger partial charge is 0.440 e. The van der Waals surface area contributed by atoms with E-state index in [9.17, 15) is 0 Å². The molecule has 2 aromatic heterocycles. The molecular formula is C8H6BrNOS2. The third kappa shape index (κ3) is 2.59. The van der Waals surface area contributed by atoms with Gasteiger partial charge in [0.25, 0.3) is 5.22 Å². The summed E-state index contributed by atoms with van der Waals surface area (Å²) in [4.78, 5) is 5.34. The molecule has 0 aromatic carbocycles. The number of thiophene rings is 1. The van der Waals surface area contributed by atoms with Gasteiger partial charge < -0.3 is 4.42 Å². The molecule has 0 spiro atoms. The Balaban J connectivity index is 1.93. The molecule has 0 saturated heterocycles. The third-order valence-corrected chi connectivity index (χ3v) is 4.15. The monoisotopic (exact) mass is 275 g/mol. The molecule has 0 amide bonds. The molecule has 2 aromatic rings. The van der Waals surface area contributed by atoms with Crippen LogP contribution >= 0.6 is 39.0 Å². The number of hydrogen-bond donors (Lipinski definition) is 0. The van der Waals surface area contributed by atoms with Crippen molar-refractivity contribution in [1.82, 2.24) is 4.98 Å². The van der Waals surface area contributed by atoms with Crippen LogP contribution in [0.4, 0.5) is 0 Å². The lowest BCUT2D eigenvalue weighted by atomic mass is 10.5. The van der Waals surface area contributed by atoms with Crippen molar-refractivity contribution in [1.29, 1.82) is 0 Å². The van der Waals surface area contributed by atoms with E-state index in [1.165, 1.54) is 4.88 Å². The van der Waals surface area contributed by atoms with Gasteiger partial charge >= 0.3 is 0 Å². The summed E-state index contributed by atoms with van der Waals surface area (Å²) in [6.07, 6.45) is 3.25. The molecule has 0 unspecified atom stereocenters. The van der Waals surface area contributed by atoms with Gasteiger partial charge in [-0.05, 0) is 22.0 Å². The molecule has 2 rings (SSSR count). The second kappa shape index (κ2) is 4.30. The van der Waals surface area contributed by atoms with Gasteiger partial charge in [0.1, 0.15) is 6.26 Å². The highest BCUT2D eigenvalue weighted by molar-refractivity contribution is 9.10. The number of aromatic nitrogens is 1. The zero-order valence-electron chi connectivity index (χ0n) is 6.57. The summed E-state index contributed by atoms with van der Waals surface area (Å²) in [6, 6.07) is 2.11. The lowest BCUT2D eigenvalue weighted by Gasteiger charge is -1.91. The summed E-state index contributed by atoms with van der Waals surface area (Å²) >= 11 is 6.75. The molecule has 0 atom stereocenters. The lowest BCUT2D eigenvalue weighted by molar-refractivity contribution is 0.454. The van der Waals surface area contributed by atoms with Crippen molar-refractivity contribution in [2.24, 2.45) is 0 Å². The molecule has 0 radical (unpaired) electrons. The first-order valence-corrected chi connectivity index (χ1v) is 6.25. The zero-order valence-corrected chi connectivity index (χ0v) is 9.79. The van der Waals surface area contributed by atoms with E-state index in [0.29, 0.717) is 0 Å². The third-order valence-electron chi connectivity index (χ3n) is 1.37. The summed E-state index contributed by atoms with van der Waals surface area (Å²) in [5.41, 5.74) is 0. The molecule has 0 N–H and O–H groups in total. The highest BCUT2D eigenvalue weighted by Crippen LogP contribution is 2.26. The summed E-state index contributed by atoms with van der Waals surface area (Å²) in [5.74, 6) is 0.913. The van der Waals surface area contributed by atoms with Crippen LogP contribution in [-0.2, 0) is 5.75 Å². The van der Waals surface area contributed by atoms with Gasteiger partial charge in [0.15, 0.2) is 0 Å². The first-order valence-electron chi connectivity index (χ1n) is 3.60. The molecule has 68 valence electrons.